The third kappa shape index (κ3) is 9.49. The van der Waals surface area contributed by atoms with Crippen LogP contribution < -0.4 is 0 Å². The van der Waals surface area contributed by atoms with Crippen LogP contribution in [0.25, 0.3) is 0 Å². The van der Waals surface area contributed by atoms with E-state index >= 15 is 0 Å². The van der Waals surface area contributed by atoms with E-state index in [1.807, 2.05) is 19.0 Å². The number of rotatable bonds is 12. The third-order valence-electron chi connectivity index (χ3n) is 2.82. The van der Waals surface area contributed by atoms with Crippen molar-refractivity contribution in [3.63, 3.8) is 0 Å². The minimum absolute atomic E-state index is 0.471. The van der Waals surface area contributed by atoms with Crippen LogP contribution in [0.5, 0.6) is 0 Å². The maximum absolute atomic E-state index is 10.4. The second-order valence-corrected chi connectivity index (χ2v) is 4.36. The number of hydrogen-bond acceptors (Lipinski definition) is 6. The number of likely N-dealkylation sites (N-methyl/N-ethyl adjacent to an activating group) is 3. The molecule has 18 heavy (non-hydrogen) atoms. The zero-order chi connectivity index (χ0) is 13.8. The van der Waals surface area contributed by atoms with Crippen LogP contribution in [0.15, 0.2) is 0 Å². The minimum Gasteiger partial charge on any atom is -0.302 e. The van der Waals surface area contributed by atoms with Crippen molar-refractivity contribution in [3.8, 4) is 0 Å². The molecule has 0 saturated carbocycles. The molecule has 6 heteroatoms. The van der Waals surface area contributed by atoms with E-state index in [0.29, 0.717) is 13.3 Å². The lowest BCUT2D eigenvalue weighted by molar-refractivity contribution is -0.293. The van der Waals surface area contributed by atoms with E-state index in [1.165, 1.54) is 7.11 Å². The minimum atomic E-state index is 0.471. The van der Waals surface area contributed by atoms with Crippen molar-refractivity contribution >= 4 is 6.29 Å². The van der Waals surface area contributed by atoms with Gasteiger partial charge in [0, 0.05) is 26.2 Å². The van der Waals surface area contributed by atoms with E-state index in [0.717, 1.165) is 39.0 Å². The first-order valence-electron chi connectivity index (χ1n) is 6.32. The second kappa shape index (κ2) is 11.6. The summed E-state index contributed by atoms with van der Waals surface area (Å²) < 4.78 is 0. The molecule has 0 rings (SSSR count). The van der Waals surface area contributed by atoms with Gasteiger partial charge in [0.1, 0.15) is 13.0 Å². The summed E-state index contributed by atoms with van der Waals surface area (Å²) in [6, 6.07) is 0. The lowest BCUT2D eigenvalue weighted by Crippen LogP contribution is -2.38. The van der Waals surface area contributed by atoms with E-state index in [9.17, 15) is 4.79 Å². The van der Waals surface area contributed by atoms with E-state index in [4.69, 9.17) is 4.89 Å². The van der Waals surface area contributed by atoms with Gasteiger partial charge < -0.3 is 9.69 Å². The summed E-state index contributed by atoms with van der Waals surface area (Å²) in [5, 5.41) is 0. The van der Waals surface area contributed by atoms with Crippen LogP contribution in [0.4, 0.5) is 0 Å². The Morgan fingerprint density at radius 2 is 1.67 bits per heavy atom. The molecular weight excluding hydrogens is 234 g/mol. The average molecular weight is 261 g/mol. The topological polar surface area (TPSA) is 45.2 Å². The SMILES string of the molecule is CCN(CCN(C)CC=O)CCN(C)COOC. The first kappa shape index (κ1) is 17.5. The summed E-state index contributed by atoms with van der Waals surface area (Å²) >= 11 is 0. The monoisotopic (exact) mass is 261 g/mol. The molecule has 0 unspecified atom stereocenters. The molecule has 0 saturated heterocycles. The molecule has 0 aromatic rings. The Balaban J connectivity index is 3.72. The van der Waals surface area contributed by atoms with Gasteiger partial charge in [-0.15, -0.1) is 0 Å². The maximum atomic E-state index is 10.4. The highest BCUT2D eigenvalue weighted by Gasteiger charge is 2.06. The average Bonchev–Trinajstić information content (AvgIpc) is 2.36. The molecule has 0 amide bonds. The Morgan fingerprint density at radius 3 is 2.17 bits per heavy atom. The molecule has 0 aliphatic carbocycles. The van der Waals surface area contributed by atoms with Gasteiger partial charge in [-0.1, -0.05) is 6.92 Å². The molecule has 0 aliphatic heterocycles. The molecule has 0 aliphatic rings. The molecule has 108 valence electrons. The van der Waals surface area contributed by atoms with Gasteiger partial charge in [0.05, 0.1) is 13.7 Å². The lowest BCUT2D eigenvalue weighted by atomic mass is 10.4. The first-order valence-corrected chi connectivity index (χ1v) is 6.32. The van der Waals surface area contributed by atoms with Crippen molar-refractivity contribution < 1.29 is 14.6 Å². The van der Waals surface area contributed by atoms with Gasteiger partial charge in [0.2, 0.25) is 0 Å². The van der Waals surface area contributed by atoms with Crippen molar-refractivity contribution in [2.75, 3.05) is 67.2 Å². The first-order chi connectivity index (χ1) is 8.63. The largest absolute Gasteiger partial charge is 0.302 e. The lowest BCUT2D eigenvalue weighted by Gasteiger charge is -2.25. The Labute approximate surface area is 110 Å². The predicted molar refractivity (Wildman–Crippen MR) is 71.3 cm³/mol. The smallest absolute Gasteiger partial charge is 0.135 e. The van der Waals surface area contributed by atoms with Gasteiger partial charge in [-0.2, -0.15) is 0 Å². The van der Waals surface area contributed by atoms with Gasteiger partial charge in [-0.25, -0.2) is 9.78 Å². The van der Waals surface area contributed by atoms with E-state index in [1.54, 1.807) is 0 Å². The molecule has 0 fully saturated rings. The number of carbonyl (C=O) groups is 1. The maximum Gasteiger partial charge on any atom is 0.135 e. The fourth-order valence-electron chi connectivity index (χ4n) is 1.48. The molecule has 0 radical (unpaired) electrons. The highest BCUT2D eigenvalue weighted by atomic mass is 17.2. The Hall–Kier alpha value is -0.530. The highest BCUT2D eigenvalue weighted by Crippen LogP contribution is 1.92. The third-order valence-corrected chi connectivity index (χ3v) is 2.82. The Bertz CT molecular complexity index is 205. The van der Waals surface area contributed by atoms with E-state index in [2.05, 4.69) is 21.6 Å². The van der Waals surface area contributed by atoms with Crippen molar-refractivity contribution in [2.45, 2.75) is 6.92 Å². The molecule has 0 aromatic carbocycles. The number of carbonyl (C=O) groups excluding carboxylic acids is 1. The Kier molecular flexibility index (Phi) is 11.2. The number of hydrogen-bond donors (Lipinski definition) is 0. The fraction of sp³-hybridized carbons (Fsp3) is 0.917. The van der Waals surface area contributed by atoms with Gasteiger partial charge in [-0.05, 0) is 20.6 Å². The van der Waals surface area contributed by atoms with Gasteiger partial charge in [-0.3, -0.25) is 9.80 Å². The molecule has 0 bridgehead atoms. The quantitative estimate of drug-likeness (QED) is 0.212. The van der Waals surface area contributed by atoms with Crippen LogP contribution in [0.3, 0.4) is 0 Å². The summed E-state index contributed by atoms with van der Waals surface area (Å²) in [6.45, 7) is 7.91. The van der Waals surface area contributed by atoms with Crippen molar-refractivity contribution in [1.29, 1.82) is 0 Å². The number of aldehydes is 1. The van der Waals surface area contributed by atoms with Crippen molar-refractivity contribution in [2.24, 2.45) is 0 Å². The van der Waals surface area contributed by atoms with Crippen LogP contribution in [-0.4, -0.2) is 88.2 Å². The van der Waals surface area contributed by atoms with Gasteiger partial charge in [0.15, 0.2) is 0 Å². The zero-order valence-electron chi connectivity index (χ0n) is 12.1. The van der Waals surface area contributed by atoms with Crippen LogP contribution in [0.1, 0.15) is 6.92 Å². The molecular formula is C12H27N3O3. The summed E-state index contributed by atoms with van der Waals surface area (Å²) in [6.07, 6.45) is 0.937. The molecule has 0 N–H and O–H groups in total. The van der Waals surface area contributed by atoms with E-state index < -0.39 is 0 Å². The summed E-state index contributed by atoms with van der Waals surface area (Å²) in [5.41, 5.74) is 0. The molecule has 6 nitrogen and oxygen atoms in total. The summed E-state index contributed by atoms with van der Waals surface area (Å²) in [5.74, 6) is 0. The molecule has 0 heterocycles. The van der Waals surface area contributed by atoms with Crippen molar-refractivity contribution in [1.82, 2.24) is 14.7 Å². The van der Waals surface area contributed by atoms with Crippen LogP contribution >= 0.6 is 0 Å². The Morgan fingerprint density at radius 1 is 1.06 bits per heavy atom. The standard InChI is InChI=1S/C12H27N3O3/c1-5-15(8-6-13(2)10-11-16)9-7-14(3)12-18-17-4/h11H,5-10,12H2,1-4H3. The zero-order valence-corrected chi connectivity index (χ0v) is 12.1. The number of nitrogens with zero attached hydrogens (tertiary/aromatic N) is 3. The normalized spacial score (nSPS) is 11.7. The van der Waals surface area contributed by atoms with Gasteiger partial charge in [0.25, 0.3) is 0 Å². The van der Waals surface area contributed by atoms with Crippen LogP contribution in [-0.2, 0) is 14.6 Å². The molecule has 0 spiro atoms. The van der Waals surface area contributed by atoms with Crippen LogP contribution in [0, 0.1) is 0 Å². The van der Waals surface area contributed by atoms with Crippen molar-refractivity contribution in [3.05, 3.63) is 0 Å². The predicted octanol–water partition coefficient (Wildman–Crippen LogP) is -0.0937. The highest BCUT2D eigenvalue weighted by molar-refractivity contribution is 5.51. The second-order valence-electron chi connectivity index (χ2n) is 4.36. The molecule has 0 aromatic heterocycles. The summed E-state index contributed by atoms with van der Waals surface area (Å²) in [7, 11) is 5.46. The summed E-state index contributed by atoms with van der Waals surface area (Å²) in [4.78, 5) is 26.2. The molecule has 0 atom stereocenters. The fourth-order valence-corrected chi connectivity index (χ4v) is 1.48. The van der Waals surface area contributed by atoms with Crippen LogP contribution in [0.2, 0.25) is 0 Å². The van der Waals surface area contributed by atoms with E-state index in [-0.39, 0.29) is 0 Å². The van der Waals surface area contributed by atoms with Gasteiger partial charge >= 0.3 is 0 Å².